The lowest BCUT2D eigenvalue weighted by Crippen LogP contribution is -2.46. The smallest absolute Gasteiger partial charge is 0.325 e. The molecule has 0 bridgehead atoms. The zero-order valence-electron chi connectivity index (χ0n) is 69.6. The van der Waals surface area contributed by atoms with Crippen LogP contribution in [0.3, 0.4) is 0 Å². The highest BCUT2D eigenvalue weighted by Gasteiger charge is 2.25. The fraction of sp³-hybridized carbons (Fsp3) is 0.386. The van der Waals surface area contributed by atoms with E-state index in [1.165, 1.54) is 82.9 Å². The maximum atomic E-state index is 14.9. The van der Waals surface area contributed by atoms with Gasteiger partial charge in [-0.05, 0) is 123 Å². The summed E-state index contributed by atoms with van der Waals surface area (Å²) in [7, 11) is 0. The van der Waals surface area contributed by atoms with E-state index < -0.39 is 11.8 Å². The fourth-order valence-electron chi connectivity index (χ4n) is 13.3. The molecule has 0 aliphatic carbocycles. The predicted molar refractivity (Wildman–Crippen MR) is 498 cm³/mol. The highest BCUT2D eigenvalue weighted by molar-refractivity contribution is 7.98. The number of thioether (sulfide) groups is 3. The van der Waals surface area contributed by atoms with Gasteiger partial charge >= 0.3 is 18.1 Å². The molecule has 12 aromatic rings. The number of nitrogens with one attached hydrogen (secondary N) is 9. The molecule has 3 fully saturated rings. The van der Waals surface area contributed by atoms with Crippen molar-refractivity contribution in [2.75, 3.05) is 179 Å². The van der Waals surface area contributed by atoms with Gasteiger partial charge in [-0.2, -0.15) is 0 Å². The average molecular weight is 1790 g/mol. The monoisotopic (exact) mass is 1790 g/mol. The lowest BCUT2D eigenvalue weighted by molar-refractivity contribution is 0.258. The topological polar surface area (TPSA) is 373 Å². The number of aryl methyl sites for hydroxylation is 4. The number of nitrogens with zero attached hydrogens (tertiary/aromatic N) is 18. The van der Waals surface area contributed by atoms with Crippen LogP contribution in [0, 0.1) is 12.7 Å². The van der Waals surface area contributed by atoms with Gasteiger partial charge in [0.15, 0.2) is 48.3 Å². The molecular formula is C83H104FN27O6S6. The van der Waals surface area contributed by atoms with E-state index in [-0.39, 0.29) is 31.0 Å². The number of urea groups is 3. The van der Waals surface area contributed by atoms with Crippen LogP contribution in [0.1, 0.15) is 91.1 Å². The summed E-state index contributed by atoms with van der Waals surface area (Å²) in [6.45, 7) is 29.7. The van der Waals surface area contributed by atoms with E-state index in [9.17, 15) is 18.8 Å². The lowest BCUT2D eigenvalue weighted by atomic mass is 10.1. The van der Waals surface area contributed by atoms with Crippen LogP contribution in [0.2, 0.25) is 0 Å². The zero-order chi connectivity index (χ0) is 85.4. The van der Waals surface area contributed by atoms with Gasteiger partial charge in [-0.3, -0.25) is 30.7 Å². The van der Waals surface area contributed by atoms with Crippen LogP contribution in [-0.2, 0) is 19.3 Å². The highest BCUT2D eigenvalue weighted by Crippen LogP contribution is 2.38. The van der Waals surface area contributed by atoms with Crippen LogP contribution < -0.4 is 62.6 Å². The number of halogens is 1. The van der Waals surface area contributed by atoms with E-state index in [1.807, 2.05) is 120 Å². The van der Waals surface area contributed by atoms with E-state index in [0.717, 1.165) is 186 Å². The average Bonchev–Trinajstić information content (AvgIpc) is 1.81. The van der Waals surface area contributed by atoms with E-state index >= 15 is 0 Å². The van der Waals surface area contributed by atoms with Gasteiger partial charge in [-0.25, -0.2) is 63.6 Å². The quantitative estimate of drug-likeness (QED) is 0.0149. The van der Waals surface area contributed by atoms with E-state index in [1.54, 1.807) is 41.8 Å². The molecule has 650 valence electrons. The summed E-state index contributed by atoms with van der Waals surface area (Å²) in [6, 6.07) is 27.7. The molecule has 33 nitrogen and oxygen atoms in total. The second-order valence-electron chi connectivity index (χ2n) is 28.4. The van der Waals surface area contributed by atoms with Gasteiger partial charge in [-0.15, -0.1) is 0 Å². The molecule has 3 aliphatic rings. The summed E-state index contributed by atoms with van der Waals surface area (Å²) in [6.07, 6.45) is 16.9. The highest BCUT2D eigenvalue weighted by atomic mass is 32.2. The standard InChI is InChI=1S/C28H35N9O2S2.C27H32FN9O2S2.C27H33N9O2S2.CH4/c1-5-9-36-10-12-37(13-11-36)25-16-23(33-28(34-25)40-4)32-27-29-17-22(41-27)19-7-8-21(18(3)14-19)30-26(38)31-24-15-20(6-2)39-35-24;1-4-8-36-9-11-37(12-10-36)24-15-22(33-27(34-24)40-3)32-26-29-16-21(41-26)17-6-7-20(19(28)13-17)30-25(38)31-23-14-18(5-2)39-35-23;1-4-10-35-11-13-36(14-12-35)24-16-22(32-27(33-24)39-3)31-26-28-17-21(40-26)18-6-8-19(9-7-18)29-25(37)30-23-15-20(5-2)38-34-23;/h7-8,14-17H,5-6,9-13H2,1-4H3,(H,29,32,33,34)(H2,30,31,35,38);6-7,13-16H,4-5,8-12H2,1-3H3,(H,29,32,33,34)(H2,30,31,35,38);6-9,15-17H,4-5,10-14H2,1-3H3,(H,28,31,32,33)(H2,29,30,34,37);1H4. The molecule has 0 saturated carbocycles. The second-order valence-corrected chi connectivity index (χ2v) is 33.8. The maximum Gasteiger partial charge on any atom is 0.325 e. The molecule has 6 amide bonds. The number of hydrogen-bond donors (Lipinski definition) is 9. The van der Waals surface area contributed by atoms with Crippen molar-refractivity contribution in [1.29, 1.82) is 0 Å². The number of thiazole rings is 3. The third-order valence-corrected chi connectivity index (χ3v) is 24.2. The van der Waals surface area contributed by atoms with E-state index in [0.29, 0.717) is 81.2 Å². The molecule has 12 heterocycles. The number of benzene rings is 3. The molecule has 0 unspecified atom stereocenters. The zero-order valence-corrected chi connectivity index (χ0v) is 74.5. The molecule has 0 radical (unpaired) electrons. The SMILES string of the molecule is C.CCCN1CCN(c2cc(Nc3ncc(-c4ccc(NC(=O)Nc5cc(CC)on5)c(C)c4)s3)nc(SC)n2)CC1.CCCN1CCN(c2cc(Nc3ncc(-c4ccc(NC(=O)Nc5cc(CC)on5)c(F)c4)s3)nc(SC)n2)CC1.CCCN1CCN(c2cc(Nc3ncc(-c4ccc(NC(=O)Nc5cc(CC)on5)cc4)s3)nc(SC)n2)CC1. The van der Waals surface area contributed by atoms with Gasteiger partial charge in [0.1, 0.15) is 58.0 Å². The van der Waals surface area contributed by atoms with Crippen molar-refractivity contribution in [3.63, 3.8) is 0 Å². The first kappa shape index (κ1) is 91.1. The largest absolute Gasteiger partial charge is 0.359 e. The van der Waals surface area contributed by atoms with Crippen molar-refractivity contribution in [2.45, 2.75) is 110 Å². The van der Waals surface area contributed by atoms with Gasteiger partial charge in [0.2, 0.25) is 0 Å². The minimum absolute atomic E-state index is 0. The molecular weight excluding hydrogens is 1680 g/mol. The Morgan fingerprint density at radius 1 is 0.398 bits per heavy atom. The van der Waals surface area contributed by atoms with E-state index in [4.69, 9.17) is 28.5 Å². The van der Waals surface area contributed by atoms with Crippen LogP contribution in [0.25, 0.3) is 31.3 Å². The van der Waals surface area contributed by atoms with Crippen molar-refractivity contribution >= 4 is 172 Å². The van der Waals surface area contributed by atoms with E-state index in [2.05, 4.69) is 143 Å². The summed E-state index contributed by atoms with van der Waals surface area (Å²) in [5.41, 5.74) is 5.00. The molecule has 40 heteroatoms. The van der Waals surface area contributed by atoms with Crippen molar-refractivity contribution in [3.8, 4) is 31.3 Å². The number of rotatable bonds is 30. The number of anilines is 15. The summed E-state index contributed by atoms with van der Waals surface area (Å²) >= 11 is 9.02. The summed E-state index contributed by atoms with van der Waals surface area (Å²) in [5.74, 6) is 7.41. The third kappa shape index (κ3) is 25.8. The molecule has 0 spiro atoms. The predicted octanol–water partition coefficient (Wildman–Crippen LogP) is 18.5. The second kappa shape index (κ2) is 44.8. The van der Waals surface area contributed by atoms with Crippen LogP contribution in [0.4, 0.5) is 104 Å². The molecule has 123 heavy (non-hydrogen) atoms. The van der Waals surface area contributed by atoms with Crippen molar-refractivity contribution in [1.82, 2.24) is 75.0 Å². The van der Waals surface area contributed by atoms with Crippen LogP contribution >= 0.6 is 69.3 Å². The number of piperazine rings is 3. The van der Waals surface area contributed by atoms with Crippen molar-refractivity contribution in [3.05, 3.63) is 144 Å². The number of hydrogen-bond acceptors (Lipinski definition) is 33. The molecule has 9 N–H and O–H groups in total. The van der Waals surface area contributed by atoms with Gasteiger partial charge < -0.3 is 60.2 Å². The lowest BCUT2D eigenvalue weighted by Gasteiger charge is -2.35. The Morgan fingerprint density at radius 3 is 1.07 bits per heavy atom. The fourth-order valence-corrected chi connectivity index (χ4v) is 16.9. The normalized spacial score (nSPS) is 13.7. The Labute approximate surface area is 739 Å². The van der Waals surface area contributed by atoms with Crippen molar-refractivity contribution in [2.24, 2.45) is 0 Å². The van der Waals surface area contributed by atoms with Crippen molar-refractivity contribution < 1.29 is 32.3 Å². The molecule has 9 aromatic heterocycles. The third-order valence-electron chi connectivity index (χ3n) is 19.7. The van der Waals surface area contributed by atoms with Gasteiger partial charge in [0, 0.05) is 164 Å². The molecule has 0 atom stereocenters. The Kier molecular flexibility index (Phi) is 33.2. The Balaban J connectivity index is 0.000000168. The van der Waals surface area contributed by atoms with Gasteiger partial charge in [0.25, 0.3) is 0 Å². The molecule has 3 aromatic carbocycles. The maximum absolute atomic E-state index is 14.9. The first-order valence-electron chi connectivity index (χ1n) is 40.4. The Morgan fingerprint density at radius 2 is 0.732 bits per heavy atom. The number of carbonyl (C=O) groups excluding carboxylic acids is 3. The number of aromatic nitrogens is 12. The summed E-state index contributed by atoms with van der Waals surface area (Å²) < 4.78 is 30.2. The molecule has 3 aliphatic heterocycles. The van der Waals surface area contributed by atoms with Gasteiger partial charge in [0.05, 0.1) is 20.3 Å². The first-order chi connectivity index (χ1) is 59.4. The first-order valence-corrected chi connectivity index (χ1v) is 46.5. The Bertz CT molecular complexity index is 5210. The summed E-state index contributed by atoms with van der Waals surface area (Å²) in [5, 5.41) is 41.8. The van der Waals surface area contributed by atoms with Crippen LogP contribution in [-0.4, -0.2) is 210 Å². The summed E-state index contributed by atoms with van der Waals surface area (Å²) in [4.78, 5) is 96.0. The van der Waals surface area contributed by atoms with Gasteiger partial charge in [-0.1, -0.05) is 158 Å². The molecule has 3 saturated heterocycles. The minimum Gasteiger partial charge on any atom is -0.359 e. The number of carbonyl (C=O) groups is 3. The van der Waals surface area contributed by atoms with Crippen LogP contribution in [0.5, 0.6) is 0 Å². The Hall–Kier alpha value is -11.1. The van der Waals surface area contributed by atoms with Crippen LogP contribution in [0.15, 0.2) is 145 Å². The molecule has 15 rings (SSSR count). The number of amides is 6. The minimum atomic E-state index is -0.617.